The van der Waals surface area contributed by atoms with Crippen molar-refractivity contribution in [2.75, 3.05) is 6.54 Å². The fourth-order valence-corrected chi connectivity index (χ4v) is 5.60. The largest absolute Gasteiger partial charge is 0.419 e. The Hall–Kier alpha value is -3.36. The SMILES string of the molecule is Cc1cc(C(=O)N2CCC[C@@H]2c2nc(C)cs2)cc(-c2nnc([C@@](C)(N)Cc3ccccc3)o2)c1. The van der Waals surface area contributed by atoms with Crippen molar-refractivity contribution in [3.63, 3.8) is 0 Å². The highest BCUT2D eigenvalue weighted by molar-refractivity contribution is 7.09. The van der Waals surface area contributed by atoms with Gasteiger partial charge < -0.3 is 15.1 Å². The quantitative estimate of drug-likeness (QED) is 0.401. The van der Waals surface area contributed by atoms with Crippen molar-refractivity contribution in [1.82, 2.24) is 20.1 Å². The number of hydrogen-bond acceptors (Lipinski definition) is 7. The highest BCUT2D eigenvalue weighted by Crippen LogP contribution is 2.35. The van der Waals surface area contributed by atoms with Crippen molar-refractivity contribution in [3.05, 3.63) is 87.2 Å². The molecule has 0 unspecified atom stereocenters. The van der Waals surface area contributed by atoms with Gasteiger partial charge in [-0.3, -0.25) is 4.79 Å². The fraction of sp³-hybridized carbons (Fsp3) is 0.333. The lowest BCUT2D eigenvalue weighted by molar-refractivity contribution is 0.0735. The number of hydrogen-bond donors (Lipinski definition) is 1. The number of amides is 1. The topological polar surface area (TPSA) is 98.1 Å². The van der Waals surface area contributed by atoms with Gasteiger partial charge in [-0.25, -0.2) is 4.98 Å². The average Bonchev–Trinajstić information content (AvgIpc) is 3.59. The van der Waals surface area contributed by atoms with Crippen LogP contribution in [0.5, 0.6) is 0 Å². The van der Waals surface area contributed by atoms with Crippen LogP contribution in [0.15, 0.2) is 58.3 Å². The second kappa shape index (κ2) is 9.36. The third kappa shape index (κ3) is 4.90. The number of carbonyl (C=O) groups is 1. The molecular weight excluding hydrogens is 458 g/mol. The molecule has 0 radical (unpaired) electrons. The van der Waals surface area contributed by atoms with Gasteiger partial charge in [-0.15, -0.1) is 21.5 Å². The maximum atomic E-state index is 13.6. The predicted octanol–water partition coefficient (Wildman–Crippen LogP) is 5.20. The van der Waals surface area contributed by atoms with Crippen LogP contribution in [0.2, 0.25) is 0 Å². The number of likely N-dealkylation sites (tertiary alicyclic amines) is 1. The molecule has 0 spiro atoms. The smallest absolute Gasteiger partial charge is 0.254 e. The minimum Gasteiger partial charge on any atom is -0.419 e. The van der Waals surface area contributed by atoms with Crippen LogP contribution in [-0.2, 0) is 12.0 Å². The van der Waals surface area contributed by atoms with E-state index in [0.717, 1.165) is 41.2 Å². The monoisotopic (exact) mass is 487 g/mol. The van der Waals surface area contributed by atoms with E-state index in [9.17, 15) is 4.79 Å². The maximum Gasteiger partial charge on any atom is 0.254 e. The Bertz CT molecular complexity index is 1340. The summed E-state index contributed by atoms with van der Waals surface area (Å²) in [5.74, 6) is 0.721. The van der Waals surface area contributed by atoms with Gasteiger partial charge in [-0.05, 0) is 69.4 Å². The van der Waals surface area contributed by atoms with Gasteiger partial charge >= 0.3 is 0 Å². The first-order valence-electron chi connectivity index (χ1n) is 11.8. The Morgan fingerprint density at radius 3 is 2.74 bits per heavy atom. The summed E-state index contributed by atoms with van der Waals surface area (Å²) in [7, 11) is 0. The van der Waals surface area contributed by atoms with Gasteiger partial charge in [0.25, 0.3) is 5.91 Å². The van der Waals surface area contributed by atoms with Crippen molar-refractivity contribution in [1.29, 1.82) is 0 Å². The summed E-state index contributed by atoms with van der Waals surface area (Å²) in [5, 5.41) is 11.6. The van der Waals surface area contributed by atoms with E-state index in [0.29, 0.717) is 29.3 Å². The average molecular weight is 488 g/mol. The van der Waals surface area contributed by atoms with E-state index in [1.54, 1.807) is 11.3 Å². The number of nitrogens with zero attached hydrogens (tertiary/aromatic N) is 4. The molecule has 1 amide bonds. The lowest BCUT2D eigenvalue weighted by Gasteiger charge is -2.23. The molecule has 2 aromatic carbocycles. The number of aryl methyl sites for hydroxylation is 2. The molecule has 1 saturated heterocycles. The van der Waals surface area contributed by atoms with Gasteiger partial charge in [0.05, 0.1) is 11.6 Å². The van der Waals surface area contributed by atoms with Gasteiger partial charge in [0.2, 0.25) is 11.8 Å². The minimum atomic E-state index is -0.816. The van der Waals surface area contributed by atoms with Crippen LogP contribution in [-0.4, -0.2) is 32.5 Å². The normalized spacial score (nSPS) is 17.5. The third-order valence-electron chi connectivity index (χ3n) is 6.33. The zero-order valence-electron chi connectivity index (χ0n) is 20.2. The van der Waals surface area contributed by atoms with Gasteiger partial charge in [-0.1, -0.05) is 30.3 Å². The van der Waals surface area contributed by atoms with Crippen LogP contribution < -0.4 is 5.73 Å². The van der Waals surface area contributed by atoms with Crippen LogP contribution in [0.4, 0.5) is 0 Å². The Balaban J connectivity index is 1.40. The lowest BCUT2D eigenvalue weighted by Crippen LogP contribution is -2.35. The summed E-state index contributed by atoms with van der Waals surface area (Å²) >= 11 is 1.62. The molecule has 5 rings (SSSR count). The van der Waals surface area contributed by atoms with Crippen molar-refractivity contribution in [2.24, 2.45) is 5.73 Å². The number of carbonyl (C=O) groups excluding carboxylic acids is 1. The van der Waals surface area contributed by atoms with Crippen molar-refractivity contribution >= 4 is 17.2 Å². The molecule has 2 aromatic heterocycles. The van der Waals surface area contributed by atoms with E-state index in [2.05, 4.69) is 15.2 Å². The molecule has 1 fully saturated rings. The first-order chi connectivity index (χ1) is 16.8. The van der Waals surface area contributed by atoms with Crippen LogP contribution in [0.1, 0.15) is 63.9 Å². The summed E-state index contributed by atoms with van der Waals surface area (Å²) in [5.41, 5.74) is 10.1. The minimum absolute atomic E-state index is 0.00205. The summed E-state index contributed by atoms with van der Waals surface area (Å²) in [6, 6.07) is 15.7. The second-order valence-corrected chi connectivity index (χ2v) is 10.5. The molecule has 0 aliphatic carbocycles. The Morgan fingerprint density at radius 2 is 2.00 bits per heavy atom. The molecule has 3 heterocycles. The molecule has 180 valence electrons. The number of benzene rings is 2. The zero-order valence-corrected chi connectivity index (χ0v) is 21.0. The molecule has 2 atom stereocenters. The predicted molar refractivity (Wildman–Crippen MR) is 136 cm³/mol. The lowest BCUT2D eigenvalue weighted by atomic mass is 9.94. The van der Waals surface area contributed by atoms with Crippen molar-refractivity contribution in [2.45, 2.75) is 51.6 Å². The van der Waals surface area contributed by atoms with E-state index in [4.69, 9.17) is 10.2 Å². The summed E-state index contributed by atoms with van der Waals surface area (Å²) in [6.45, 7) is 6.56. The molecule has 0 saturated carbocycles. The summed E-state index contributed by atoms with van der Waals surface area (Å²) in [4.78, 5) is 20.1. The van der Waals surface area contributed by atoms with E-state index in [1.165, 1.54) is 0 Å². The van der Waals surface area contributed by atoms with Gasteiger partial charge in [0.15, 0.2) is 0 Å². The van der Waals surface area contributed by atoms with E-state index < -0.39 is 5.54 Å². The second-order valence-electron chi connectivity index (χ2n) is 9.56. The Morgan fingerprint density at radius 1 is 1.20 bits per heavy atom. The number of nitrogens with two attached hydrogens (primary N) is 1. The number of thiazole rings is 1. The van der Waals surface area contributed by atoms with Crippen molar-refractivity contribution < 1.29 is 9.21 Å². The Labute approximate surface area is 209 Å². The van der Waals surface area contributed by atoms with Crippen LogP contribution >= 0.6 is 11.3 Å². The molecule has 0 bridgehead atoms. The van der Waals surface area contributed by atoms with Crippen LogP contribution in [0, 0.1) is 13.8 Å². The van der Waals surface area contributed by atoms with Crippen LogP contribution in [0.3, 0.4) is 0 Å². The third-order valence-corrected chi connectivity index (χ3v) is 7.40. The number of aromatic nitrogens is 3. The van der Waals surface area contributed by atoms with E-state index in [1.807, 2.05) is 79.6 Å². The fourth-order valence-electron chi connectivity index (χ4n) is 4.65. The highest BCUT2D eigenvalue weighted by Gasteiger charge is 2.33. The molecule has 8 heteroatoms. The van der Waals surface area contributed by atoms with Gasteiger partial charge in [0, 0.05) is 28.7 Å². The molecule has 7 nitrogen and oxygen atoms in total. The summed E-state index contributed by atoms with van der Waals surface area (Å²) in [6.07, 6.45) is 2.47. The molecule has 4 aromatic rings. The van der Waals surface area contributed by atoms with Gasteiger partial charge in [-0.2, -0.15) is 0 Å². The molecule has 1 aliphatic heterocycles. The van der Waals surface area contributed by atoms with Crippen LogP contribution in [0.25, 0.3) is 11.5 Å². The highest BCUT2D eigenvalue weighted by atomic mass is 32.1. The van der Waals surface area contributed by atoms with Crippen molar-refractivity contribution in [3.8, 4) is 11.5 Å². The molecule has 1 aliphatic rings. The number of rotatable bonds is 6. The summed E-state index contributed by atoms with van der Waals surface area (Å²) < 4.78 is 6.03. The first kappa shape index (κ1) is 23.4. The standard InChI is InChI=1S/C27H29N5O2S/c1-17-12-20(23-30-31-26(34-23)27(3,28)15-19-8-5-4-6-9-19)14-21(13-17)25(33)32-11-7-10-22(32)24-29-18(2)16-35-24/h4-6,8-9,12-14,16,22H,7,10-11,15,28H2,1-3H3/t22-,27+/m1/s1. The Kier molecular flexibility index (Phi) is 6.25. The molecule has 2 N–H and O–H groups in total. The van der Waals surface area contributed by atoms with E-state index >= 15 is 0 Å². The van der Waals surface area contributed by atoms with E-state index in [-0.39, 0.29) is 11.9 Å². The first-order valence-corrected chi connectivity index (χ1v) is 12.7. The molecule has 35 heavy (non-hydrogen) atoms. The van der Waals surface area contributed by atoms with Gasteiger partial charge in [0.1, 0.15) is 5.01 Å². The zero-order chi connectivity index (χ0) is 24.6. The maximum absolute atomic E-state index is 13.6. The molecular formula is C27H29N5O2S.